The summed E-state index contributed by atoms with van der Waals surface area (Å²) in [5.74, 6) is 1.99. The quantitative estimate of drug-likeness (QED) is 0.353. The van der Waals surface area contributed by atoms with E-state index in [4.69, 9.17) is 10.5 Å². The van der Waals surface area contributed by atoms with Crippen molar-refractivity contribution in [2.45, 2.75) is 90.3 Å². The lowest BCUT2D eigenvalue weighted by atomic mass is 10.1. The number of nitrogens with one attached hydrogen (secondary N) is 2. The summed E-state index contributed by atoms with van der Waals surface area (Å²) < 4.78 is 5.19. The number of benzene rings is 1. The summed E-state index contributed by atoms with van der Waals surface area (Å²) in [7, 11) is 1.67. The van der Waals surface area contributed by atoms with Gasteiger partial charge in [-0.15, -0.1) is 12.4 Å². The normalized spacial score (nSPS) is 15.5. The maximum absolute atomic E-state index is 5.94. The van der Waals surface area contributed by atoms with Crippen LogP contribution >= 0.6 is 12.4 Å². The predicted molar refractivity (Wildman–Crippen MR) is 130 cm³/mol. The van der Waals surface area contributed by atoms with Crippen molar-refractivity contribution in [3.05, 3.63) is 29.8 Å². The van der Waals surface area contributed by atoms with E-state index in [1.165, 1.54) is 57.8 Å². The zero-order valence-electron chi connectivity index (χ0n) is 18.7. The summed E-state index contributed by atoms with van der Waals surface area (Å²) >= 11 is 0. The molecule has 0 amide bonds. The molecule has 4 N–H and O–H groups in total. The molecule has 1 unspecified atom stereocenters. The lowest BCUT2D eigenvalue weighted by Crippen LogP contribution is -2.48. The molecule has 0 spiro atoms. The van der Waals surface area contributed by atoms with Crippen LogP contribution in [0.5, 0.6) is 5.75 Å². The second kappa shape index (κ2) is 15.8. The first kappa shape index (κ1) is 26.1. The lowest BCUT2D eigenvalue weighted by molar-refractivity contribution is 0.414. The van der Waals surface area contributed by atoms with Crippen LogP contribution in [0, 0.1) is 0 Å². The molecule has 1 atom stereocenters. The van der Waals surface area contributed by atoms with Gasteiger partial charge in [-0.05, 0) is 30.5 Å². The van der Waals surface area contributed by atoms with Gasteiger partial charge in [0.2, 0.25) is 5.96 Å². The Bertz CT molecular complexity index is 633. The zero-order chi connectivity index (χ0) is 20.7. The molecule has 2 rings (SSSR count). The highest BCUT2D eigenvalue weighted by Crippen LogP contribution is 2.14. The Morgan fingerprint density at radius 3 is 2.13 bits per heavy atom. The summed E-state index contributed by atoms with van der Waals surface area (Å²) in [6.07, 6.45) is 14.2. The molecule has 6 nitrogen and oxygen atoms in total. The summed E-state index contributed by atoms with van der Waals surface area (Å²) in [5, 5.41) is 6.33. The Hall–Kier alpha value is -1.95. The molecule has 0 fully saturated rings. The summed E-state index contributed by atoms with van der Waals surface area (Å²) in [6, 6.07) is 7.98. The zero-order valence-corrected chi connectivity index (χ0v) is 19.5. The lowest BCUT2D eigenvalue weighted by Gasteiger charge is -2.20. The minimum absolute atomic E-state index is 0. The number of unbranched alkanes of at least 4 members (excludes halogenated alkanes) is 9. The van der Waals surface area contributed by atoms with E-state index in [2.05, 4.69) is 27.5 Å². The van der Waals surface area contributed by atoms with Crippen molar-refractivity contribution in [1.29, 1.82) is 0 Å². The van der Waals surface area contributed by atoms with Gasteiger partial charge in [0.1, 0.15) is 11.9 Å². The highest BCUT2D eigenvalue weighted by atomic mass is 35.5. The number of guanidine groups is 2. The molecule has 7 heteroatoms. The fraction of sp³-hybridized carbons (Fsp3) is 0.652. The van der Waals surface area contributed by atoms with Gasteiger partial charge in [-0.1, -0.05) is 76.8 Å². The fourth-order valence-electron chi connectivity index (χ4n) is 3.49. The topological polar surface area (TPSA) is 84.0 Å². The molecular formula is C23H40ClN5O. The van der Waals surface area contributed by atoms with Crippen LogP contribution in [0.1, 0.15) is 83.1 Å². The van der Waals surface area contributed by atoms with E-state index >= 15 is 0 Å². The Morgan fingerprint density at radius 2 is 1.53 bits per heavy atom. The van der Waals surface area contributed by atoms with Crippen LogP contribution in [0.15, 0.2) is 34.3 Å². The standard InChI is InChI=1S/C23H39N5O.ClH/c1-3-4-5-6-7-8-9-10-11-12-13-21-26-22(24)28-23(27-21)25-18-19-14-16-20(29-2)17-15-19;/h14-17,21H,3-13,18H2,1-2H3,(H4,24,25,26,27,28);1H. The van der Waals surface area contributed by atoms with Crippen LogP contribution in [0.2, 0.25) is 0 Å². The number of methoxy groups -OCH3 is 1. The van der Waals surface area contributed by atoms with Crippen molar-refractivity contribution in [3.63, 3.8) is 0 Å². The maximum Gasteiger partial charge on any atom is 0.200 e. The molecule has 1 aromatic rings. The molecule has 0 radical (unpaired) electrons. The third-order valence-corrected chi connectivity index (χ3v) is 5.25. The second-order valence-corrected chi connectivity index (χ2v) is 7.77. The maximum atomic E-state index is 5.94. The fourth-order valence-corrected chi connectivity index (χ4v) is 3.49. The molecule has 30 heavy (non-hydrogen) atoms. The number of halogens is 1. The number of nitrogens with two attached hydrogens (primary N) is 1. The SMILES string of the molecule is CCCCCCCCCCCCC1N=C(N)NC(NCc2ccc(OC)cc2)=N1.Cl. The van der Waals surface area contributed by atoms with Crippen LogP contribution in [0.3, 0.4) is 0 Å². The largest absolute Gasteiger partial charge is 0.497 e. The van der Waals surface area contributed by atoms with E-state index in [1.54, 1.807) is 7.11 Å². The molecule has 1 aromatic carbocycles. The highest BCUT2D eigenvalue weighted by molar-refractivity contribution is 5.99. The van der Waals surface area contributed by atoms with Crippen molar-refractivity contribution in [1.82, 2.24) is 10.6 Å². The minimum Gasteiger partial charge on any atom is -0.497 e. The van der Waals surface area contributed by atoms with Crippen molar-refractivity contribution >= 4 is 24.3 Å². The van der Waals surface area contributed by atoms with Crippen LogP contribution in [0.25, 0.3) is 0 Å². The van der Waals surface area contributed by atoms with Crippen molar-refractivity contribution in [3.8, 4) is 5.75 Å². The number of hydrogen-bond donors (Lipinski definition) is 3. The van der Waals surface area contributed by atoms with E-state index in [1.807, 2.05) is 24.3 Å². The molecule has 1 heterocycles. The van der Waals surface area contributed by atoms with Gasteiger partial charge in [0.15, 0.2) is 5.96 Å². The van der Waals surface area contributed by atoms with Gasteiger partial charge in [-0.25, -0.2) is 9.98 Å². The number of nitrogens with zero attached hydrogens (tertiary/aromatic N) is 2. The second-order valence-electron chi connectivity index (χ2n) is 7.77. The number of ether oxygens (including phenoxy) is 1. The minimum atomic E-state index is -0.0799. The van der Waals surface area contributed by atoms with Crippen molar-refractivity contribution in [2.24, 2.45) is 15.7 Å². The van der Waals surface area contributed by atoms with Crippen molar-refractivity contribution in [2.75, 3.05) is 7.11 Å². The molecule has 0 aliphatic carbocycles. The third-order valence-electron chi connectivity index (χ3n) is 5.25. The number of rotatable bonds is 14. The van der Waals surface area contributed by atoms with Gasteiger partial charge >= 0.3 is 0 Å². The average molecular weight is 438 g/mol. The van der Waals surface area contributed by atoms with Gasteiger partial charge in [0.25, 0.3) is 0 Å². The summed E-state index contributed by atoms with van der Waals surface area (Å²) in [6.45, 7) is 2.94. The molecular weight excluding hydrogens is 398 g/mol. The Morgan fingerprint density at radius 1 is 0.933 bits per heavy atom. The number of aliphatic imine (C=N–C) groups is 2. The van der Waals surface area contributed by atoms with Gasteiger partial charge in [0, 0.05) is 6.54 Å². The van der Waals surface area contributed by atoms with Crippen LogP contribution in [-0.4, -0.2) is 25.2 Å². The predicted octanol–water partition coefficient (Wildman–Crippen LogP) is 5.12. The number of hydrogen-bond acceptors (Lipinski definition) is 6. The van der Waals surface area contributed by atoms with Gasteiger partial charge in [-0.3, -0.25) is 5.32 Å². The monoisotopic (exact) mass is 437 g/mol. The molecule has 0 bridgehead atoms. The Balaban J connectivity index is 0.00000450. The van der Waals surface area contributed by atoms with Crippen molar-refractivity contribution < 1.29 is 4.74 Å². The van der Waals surface area contributed by atoms with E-state index < -0.39 is 0 Å². The van der Waals surface area contributed by atoms with Crippen LogP contribution in [-0.2, 0) is 6.54 Å². The molecule has 1 aliphatic heterocycles. The summed E-state index contributed by atoms with van der Waals surface area (Å²) in [4.78, 5) is 9.08. The summed E-state index contributed by atoms with van der Waals surface area (Å²) in [5.41, 5.74) is 7.10. The van der Waals surface area contributed by atoms with Gasteiger partial charge in [-0.2, -0.15) is 0 Å². The first-order valence-electron chi connectivity index (χ1n) is 11.3. The molecule has 0 aromatic heterocycles. The van der Waals surface area contributed by atoms with E-state index in [9.17, 15) is 0 Å². The van der Waals surface area contributed by atoms with Crippen LogP contribution < -0.4 is 21.1 Å². The highest BCUT2D eigenvalue weighted by Gasteiger charge is 2.14. The average Bonchev–Trinajstić information content (AvgIpc) is 2.73. The van der Waals surface area contributed by atoms with Gasteiger partial charge in [0.05, 0.1) is 7.11 Å². The molecule has 170 valence electrons. The van der Waals surface area contributed by atoms with Gasteiger partial charge < -0.3 is 15.8 Å². The van der Waals surface area contributed by atoms with Crippen LogP contribution in [0.4, 0.5) is 0 Å². The Labute approximate surface area is 188 Å². The molecule has 0 saturated carbocycles. The third kappa shape index (κ3) is 10.7. The van der Waals surface area contributed by atoms with E-state index in [0.717, 1.165) is 24.2 Å². The first-order chi connectivity index (χ1) is 14.2. The molecule has 1 aliphatic rings. The Kier molecular flexibility index (Phi) is 13.8. The smallest absolute Gasteiger partial charge is 0.200 e. The molecule has 0 saturated heterocycles. The van der Waals surface area contributed by atoms with E-state index in [-0.39, 0.29) is 18.6 Å². The first-order valence-corrected chi connectivity index (χ1v) is 11.3. The van der Waals surface area contributed by atoms with E-state index in [0.29, 0.717) is 18.5 Å².